The normalized spacial score (nSPS) is 15.0. The fraction of sp³-hybridized carbons (Fsp3) is 0.500. The molecule has 0 aliphatic rings. The highest BCUT2D eigenvalue weighted by atomic mass is 28.3. The molecule has 0 amide bonds. The molecule has 1 unspecified atom stereocenters. The van der Waals surface area contributed by atoms with Crippen molar-refractivity contribution in [3.63, 3.8) is 0 Å². The molecular formula is C16H28Si2. The lowest BCUT2D eigenvalue weighted by molar-refractivity contribution is 1.09. The second-order valence-electron chi connectivity index (χ2n) is 6.98. The van der Waals surface area contributed by atoms with Crippen LogP contribution in [0.25, 0.3) is 0 Å². The maximum atomic E-state index is 2.52. The summed E-state index contributed by atoms with van der Waals surface area (Å²) in [7, 11) is -2.41. The van der Waals surface area contributed by atoms with Crippen molar-refractivity contribution in [3.05, 3.63) is 42.5 Å². The molecule has 0 spiro atoms. The van der Waals surface area contributed by atoms with Crippen LogP contribution >= 0.6 is 0 Å². The van der Waals surface area contributed by atoms with Gasteiger partial charge in [-0.05, 0) is 12.5 Å². The maximum absolute atomic E-state index is 2.52. The van der Waals surface area contributed by atoms with E-state index in [0.29, 0.717) is 0 Å². The Balaban J connectivity index is 3.04. The van der Waals surface area contributed by atoms with Gasteiger partial charge in [-0.15, -0.1) is 0 Å². The number of allylic oxidation sites excluding steroid dienone is 2. The van der Waals surface area contributed by atoms with Crippen molar-refractivity contribution in [1.82, 2.24) is 0 Å². The van der Waals surface area contributed by atoms with Gasteiger partial charge in [0.1, 0.15) is 0 Å². The van der Waals surface area contributed by atoms with Crippen LogP contribution in [0, 0.1) is 0 Å². The average molecular weight is 277 g/mol. The molecule has 0 aromatic heterocycles. The van der Waals surface area contributed by atoms with Crippen molar-refractivity contribution < 1.29 is 0 Å². The van der Waals surface area contributed by atoms with E-state index in [1.54, 1.807) is 5.19 Å². The molecule has 1 aromatic rings. The van der Waals surface area contributed by atoms with E-state index < -0.39 is 16.1 Å². The van der Waals surface area contributed by atoms with Crippen molar-refractivity contribution in [2.45, 2.75) is 51.2 Å². The Morgan fingerprint density at radius 2 is 1.56 bits per heavy atom. The van der Waals surface area contributed by atoms with Gasteiger partial charge in [-0.3, -0.25) is 0 Å². The summed E-state index contributed by atoms with van der Waals surface area (Å²) < 4.78 is 0. The monoisotopic (exact) mass is 276 g/mol. The molecule has 1 atom stereocenters. The van der Waals surface area contributed by atoms with Crippen LogP contribution in [0.1, 0.15) is 6.92 Å². The van der Waals surface area contributed by atoms with Crippen LogP contribution < -0.4 is 5.19 Å². The van der Waals surface area contributed by atoms with Crippen LogP contribution in [0.5, 0.6) is 0 Å². The zero-order chi connectivity index (χ0) is 13.8. The van der Waals surface area contributed by atoms with Crippen molar-refractivity contribution in [3.8, 4) is 0 Å². The molecule has 0 N–H and O–H groups in total. The Morgan fingerprint density at radius 1 is 1.00 bits per heavy atom. The number of hydrogen-bond donors (Lipinski definition) is 0. The second kappa shape index (κ2) is 6.02. The van der Waals surface area contributed by atoms with Gasteiger partial charge in [0.05, 0.1) is 8.07 Å². The van der Waals surface area contributed by atoms with Crippen LogP contribution in [-0.2, 0) is 0 Å². The van der Waals surface area contributed by atoms with Gasteiger partial charge in [0.2, 0.25) is 0 Å². The van der Waals surface area contributed by atoms with Crippen LogP contribution in [0.2, 0.25) is 44.3 Å². The molecule has 0 saturated carbocycles. The van der Waals surface area contributed by atoms with E-state index in [1.807, 2.05) is 0 Å². The lowest BCUT2D eigenvalue weighted by Gasteiger charge is -2.34. The molecule has 18 heavy (non-hydrogen) atoms. The maximum Gasteiger partial charge on any atom is 0.0870 e. The Hall–Kier alpha value is -0.606. The molecule has 0 nitrogen and oxygen atoms in total. The third-order valence-corrected chi connectivity index (χ3v) is 9.85. The second-order valence-corrected chi connectivity index (χ2v) is 17.3. The lowest BCUT2D eigenvalue weighted by Crippen LogP contribution is -2.47. The molecule has 0 radical (unpaired) electrons. The first-order valence-corrected chi connectivity index (χ1v) is 13.7. The molecule has 0 saturated heterocycles. The van der Waals surface area contributed by atoms with Gasteiger partial charge in [-0.2, -0.15) is 0 Å². The molecule has 0 heterocycles. The van der Waals surface area contributed by atoms with E-state index in [1.165, 1.54) is 6.04 Å². The minimum Gasteiger partial charge on any atom is -0.0917 e. The molecule has 100 valence electrons. The molecule has 1 aromatic carbocycles. The molecule has 0 fully saturated rings. The SMILES string of the molecule is C/C=C\C(C[Si](C)(C)C)[Si](C)(C)c1ccccc1. The van der Waals surface area contributed by atoms with E-state index in [0.717, 1.165) is 5.54 Å². The summed E-state index contributed by atoms with van der Waals surface area (Å²) in [5, 5.41) is 1.59. The van der Waals surface area contributed by atoms with Gasteiger partial charge in [0.25, 0.3) is 0 Å². The Bertz CT molecular complexity index is 385. The van der Waals surface area contributed by atoms with E-state index in [-0.39, 0.29) is 0 Å². The summed E-state index contributed by atoms with van der Waals surface area (Å²) in [4.78, 5) is 0. The molecule has 2 heteroatoms. The molecule has 0 bridgehead atoms. The van der Waals surface area contributed by atoms with Crippen molar-refractivity contribution >= 4 is 21.3 Å². The number of hydrogen-bond acceptors (Lipinski definition) is 0. The minimum absolute atomic E-state index is 0.775. The van der Waals surface area contributed by atoms with Gasteiger partial charge in [-0.1, -0.05) is 86.4 Å². The summed E-state index contributed by atoms with van der Waals surface area (Å²) in [5.41, 5.74) is 0.775. The van der Waals surface area contributed by atoms with Gasteiger partial charge >= 0.3 is 0 Å². The van der Waals surface area contributed by atoms with E-state index in [2.05, 4.69) is 82.1 Å². The predicted octanol–water partition coefficient (Wildman–Crippen LogP) is 4.89. The molecular weight excluding hydrogens is 248 g/mol. The van der Waals surface area contributed by atoms with Crippen molar-refractivity contribution in [2.75, 3.05) is 0 Å². The van der Waals surface area contributed by atoms with Gasteiger partial charge in [0, 0.05) is 8.07 Å². The molecule has 0 aliphatic heterocycles. The third kappa shape index (κ3) is 4.25. The summed E-state index contributed by atoms with van der Waals surface area (Å²) in [6.07, 6.45) is 4.72. The van der Waals surface area contributed by atoms with Crippen molar-refractivity contribution in [2.24, 2.45) is 0 Å². The molecule has 1 rings (SSSR count). The molecule has 0 aliphatic carbocycles. The van der Waals surface area contributed by atoms with Gasteiger partial charge in [0.15, 0.2) is 0 Å². The van der Waals surface area contributed by atoms with Crippen molar-refractivity contribution in [1.29, 1.82) is 0 Å². The predicted molar refractivity (Wildman–Crippen MR) is 90.3 cm³/mol. The van der Waals surface area contributed by atoms with Gasteiger partial charge < -0.3 is 0 Å². The zero-order valence-corrected chi connectivity index (χ0v) is 14.8. The standard InChI is InChI=1S/C16H28Si2/c1-7-11-16(14-17(2,3)4)18(5,6)15-12-9-8-10-13-15/h7-13,16H,14H2,1-6H3/b11-7-. The quantitative estimate of drug-likeness (QED) is 0.531. The first-order chi connectivity index (χ1) is 8.27. The average Bonchev–Trinajstić information content (AvgIpc) is 2.28. The number of benzene rings is 1. The largest absolute Gasteiger partial charge is 0.0917 e. The van der Waals surface area contributed by atoms with E-state index >= 15 is 0 Å². The Morgan fingerprint density at radius 3 is 2.00 bits per heavy atom. The Labute approximate surface area is 115 Å². The Kier molecular flexibility index (Phi) is 5.17. The first kappa shape index (κ1) is 15.5. The first-order valence-electron chi connectivity index (χ1n) is 6.96. The lowest BCUT2D eigenvalue weighted by atomic mass is 10.4. The third-order valence-electron chi connectivity index (χ3n) is 3.70. The van der Waals surface area contributed by atoms with Crippen LogP contribution in [0.4, 0.5) is 0 Å². The van der Waals surface area contributed by atoms with E-state index in [4.69, 9.17) is 0 Å². The highest BCUT2D eigenvalue weighted by Crippen LogP contribution is 2.32. The zero-order valence-electron chi connectivity index (χ0n) is 12.8. The fourth-order valence-corrected chi connectivity index (χ4v) is 10.0. The highest BCUT2D eigenvalue weighted by molar-refractivity contribution is 6.93. The topological polar surface area (TPSA) is 0 Å². The summed E-state index contributed by atoms with van der Waals surface area (Å²) in [6.45, 7) is 14.7. The van der Waals surface area contributed by atoms with Gasteiger partial charge in [-0.25, -0.2) is 0 Å². The summed E-state index contributed by atoms with van der Waals surface area (Å²) in [6, 6.07) is 12.6. The van der Waals surface area contributed by atoms with E-state index in [9.17, 15) is 0 Å². The highest BCUT2D eigenvalue weighted by Gasteiger charge is 2.34. The minimum atomic E-state index is -1.39. The number of rotatable bonds is 5. The van der Waals surface area contributed by atoms with Crippen LogP contribution in [0.15, 0.2) is 42.5 Å². The smallest absolute Gasteiger partial charge is 0.0870 e. The summed E-state index contributed by atoms with van der Waals surface area (Å²) >= 11 is 0. The van der Waals surface area contributed by atoms with Crippen LogP contribution in [0.3, 0.4) is 0 Å². The fourth-order valence-electron chi connectivity index (χ4n) is 2.54. The van der Waals surface area contributed by atoms with Crippen LogP contribution in [-0.4, -0.2) is 16.1 Å². The summed E-state index contributed by atoms with van der Waals surface area (Å²) in [5.74, 6) is 0.